The molecule has 5 nitrogen and oxygen atoms in total. The van der Waals surface area contributed by atoms with Gasteiger partial charge in [0.15, 0.2) is 0 Å². The average Bonchev–Trinajstić information content (AvgIpc) is 2.46. The van der Waals surface area contributed by atoms with Crippen molar-refractivity contribution < 1.29 is 14.6 Å². The average molecular weight is 293 g/mol. The molecule has 2 N–H and O–H groups in total. The van der Waals surface area contributed by atoms with Crippen molar-refractivity contribution in [2.75, 3.05) is 18.5 Å². The Hall–Kier alpha value is -2.27. The fourth-order valence-electron chi connectivity index (χ4n) is 1.54. The zero-order valence-corrected chi connectivity index (χ0v) is 11.3. The lowest BCUT2D eigenvalue weighted by Gasteiger charge is -2.09. The number of carboxylic acid groups (broad SMARTS) is 1. The van der Waals surface area contributed by atoms with Gasteiger partial charge in [0, 0.05) is 6.20 Å². The van der Waals surface area contributed by atoms with Crippen LogP contribution in [0.4, 0.5) is 5.82 Å². The van der Waals surface area contributed by atoms with Gasteiger partial charge in [-0.05, 0) is 18.2 Å². The minimum Gasteiger partial charge on any atom is -0.492 e. The third-order valence-electron chi connectivity index (χ3n) is 2.49. The van der Waals surface area contributed by atoms with Crippen molar-refractivity contribution in [2.45, 2.75) is 0 Å². The maximum atomic E-state index is 10.7. The number of anilines is 1. The summed E-state index contributed by atoms with van der Waals surface area (Å²) >= 11 is 5.94. The monoisotopic (exact) mass is 292 g/mol. The van der Waals surface area contributed by atoms with Crippen molar-refractivity contribution in [1.29, 1.82) is 0 Å². The highest BCUT2D eigenvalue weighted by Gasteiger charge is 2.07. The number of carbonyl (C=O) groups is 1. The van der Waals surface area contributed by atoms with E-state index in [0.717, 1.165) is 5.75 Å². The van der Waals surface area contributed by atoms with Crippen molar-refractivity contribution in [3.8, 4) is 5.75 Å². The lowest BCUT2D eigenvalue weighted by molar-refractivity contribution is 0.0696. The number of aromatic carboxylic acids is 1. The van der Waals surface area contributed by atoms with Gasteiger partial charge >= 0.3 is 5.97 Å². The fourth-order valence-corrected chi connectivity index (χ4v) is 1.77. The van der Waals surface area contributed by atoms with Crippen LogP contribution < -0.4 is 10.1 Å². The summed E-state index contributed by atoms with van der Waals surface area (Å²) in [6.45, 7) is 0.955. The maximum absolute atomic E-state index is 10.7. The number of ether oxygens (including phenoxy) is 1. The largest absolute Gasteiger partial charge is 0.492 e. The Morgan fingerprint density at radius 1 is 1.35 bits per heavy atom. The molecule has 0 atom stereocenters. The van der Waals surface area contributed by atoms with E-state index in [0.29, 0.717) is 19.0 Å². The standard InChI is InChI=1S/C14H13ClN2O3/c15-12-8-10(14(18)19)9-17-13(12)16-6-7-20-11-4-2-1-3-5-11/h1-5,8-9H,6-7H2,(H,16,17)(H,18,19). The van der Waals surface area contributed by atoms with E-state index in [2.05, 4.69) is 10.3 Å². The van der Waals surface area contributed by atoms with E-state index in [4.69, 9.17) is 21.4 Å². The second-order valence-corrected chi connectivity index (χ2v) is 4.36. The Morgan fingerprint density at radius 2 is 2.10 bits per heavy atom. The number of rotatable bonds is 6. The number of aromatic nitrogens is 1. The van der Waals surface area contributed by atoms with Gasteiger partial charge in [0.1, 0.15) is 18.2 Å². The van der Waals surface area contributed by atoms with E-state index in [-0.39, 0.29) is 10.6 Å². The highest BCUT2D eigenvalue weighted by Crippen LogP contribution is 2.19. The van der Waals surface area contributed by atoms with E-state index in [1.165, 1.54) is 12.3 Å². The van der Waals surface area contributed by atoms with Gasteiger partial charge in [0.05, 0.1) is 17.1 Å². The molecule has 1 aromatic carbocycles. The third-order valence-corrected chi connectivity index (χ3v) is 2.78. The summed E-state index contributed by atoms with van der Waals surface area (Å²) in [5.74, 6) is 0.168. The predicted octanol–water partition coefficient (Wildman–Crippen LogP) is 2.92. The second kappa shape index (κ2) is 6.77. The molecular weight excluding hydrogens is 280 g/mol. The number of halogens is 1. The number of para-hydroxylation sites is 1. The molecule has 0 spiro atoms. The first-order chi connectivity index (χ1) is 9.66. The molecule has 0 fully saturated rings. The molecule has 104 valence electrons. The summed E-state index contributed by atoms with van der Waals surface area (Å²) < 4.78 is 5.50. The molecule has 1 heterocycles. The van der Waals surface area contributed by atoms with Crippen LogP contribution in [0.3, 0.4) is 0 Å². The summed E-state index contributed by atoms with van der Waals surface area (Å²) in [7, 11) is 0. The van der Waals surface area contributed by atoms with Gasteiger partial charge in [0.2, 0.25) is 0 Å². The summed E-state index contributed by atoms with van der Waals surface area (Å²) in [5, 5.41) is 12.1. The molecule has 0 radical (unpaired) electrons. The molecule has 0 amide bonds. The molecule has 2 aromatic rings. The van der Waals surface area contributed by atoms with Crippen LogP contribution >= 0.6 is 11.6 Å². The van der Waals surface area contributed by atoms with Crippen LogP contribution in [0.1, 0.15) is 10.4 Å². The van der Waals surface area contributed by atoms with Gasteiger partial charge in [-0.3, -0.25) is 0 Å². The minimum absolute atomic E-state index is 0.0566. The number of carboxylic acids is 1. The summed E-state index contributed by atoms with van der Waals surface area (Å²) in [6.07, 6.45) is 1.26. The van der Waals surface area contributed by atoms with Gasteiger partial charge in [-0.2, -0.15) is 0 Å². The fraction of sp³-hybridized carbons (Fsp3) is 0.143. The van der Waals surface area contributed by atoms with Crippen LogP contribution in [0.25, 0.3) is 0 Å². The molecular formula is C14H13ClN2O3. The highest BCUT2D eigenvalue weighted by atomic mass is 35.5. The van der Waals surface area contributed by atoms with Gasteiger partial charge < -0.3 is 15.2 Å². The molecule has 0 unspecified atom stereocenters. The first-order valence-electron chi connectivity index (χ1n) is 5.97. The van der Waals surface area contributed by atoms with E-state index in [9.17, 15) is 4.79 Å². The van der Waals surface area contributed by atoms with Crippen LogP contribution in [-0.2, 0) is 0 Å². The van der Waals surface area contributed by atoms with Crippen molar-refractivity contribution in [2.24, 2.45) is 0 Å². The quantitative estimate of drug-likeness (QED) is 0.801. The van der Waals surface area contributed by atoms with E-state index < -0.39 is 5.97 Å². The number of hydrogen-bond donors (Lipinski definition) is 2. The van der Waals surface area contributed by atoms with Crippen molar-refractivity contribution >= 4 is 23.4 Å². The summed E-state index contributed by atoms with van der Waals surface area (Å²) in [5.41, 5.74) is 0.0566. The Bertz CT molecular complexity index is 590. The van der Waals surface area contributed by atoms with Gasteiger partial charge in [0.25, 0.3) is 0 Å². The molecule has 0 bridgehead atoms. The Kier molecular flexibility index (Phi) is 4.79. The first-order valence-corrected chi connectivity index (χ1v) is 6.35. The molecule has 2 rings (SSSR count). The Balaban J connectivity index is 1.84. The molecule has 1 aromatic heterocycles. The van der Waals surface area contributed by atoms with E-state index in [1.54, 1.807) is 0 Å². The molecule has 0 saturated carbocycles. The SMILES string of the molecule is O=C(O)c1cnc(NCCOc2ccccc2)c(Cl)c1. The van der Waals surface area contributed by atoms with Crippen LogP contribution in [-0.4, -0.2) is 29.2 Å². The van der Waals surface area contributed by atoms with Crippen LogP contribution in [0.15, 0.2) is 42.6 Å². The Labute approximate surface area is 121 Å². The van der Waals surface area contributed by atoms with Gasteiger partial charge in [-0.15, -0.1) is 0 Å². The van der Waals surface area contributed by atoms with Gasteiger partial charge in [-0.1, -0.05) is 29.8 Å². The predicted molar refractivity (Wildman–Crippen MR) is 76.6 cm³/mol. The second-order valence-electron chi connectivity index (χ2n) is 3.95. The van der Waals surface area contributed by atoms with Crippen molar-refractivity contribution in [1.82, 2.24) is 4.98 Å². The van der Waals surface area contributed by atoms with Crippen LogP contribution in [0.2, 0.25) is 5.02 Å². The molecule has 0 aliphatic heterocycles. The third kappa shape index (κ3) is 3.86. The number of benzene rings is 1. The van der Waals surface area contributed by atoms with Crippen LogP contribution in [0, 0.1) is 0 Å². The zero-order valence-electron chi connectivity index (χ0n) is 10.5. The minimum atomic E-state index is -1.06. The van der Waals surface area contributed by atoms with Gasteiger partial charge in [-0.25, -0.2) is 9.78 Å². The topological polar surface area (TPSA) is 71.5 Å². The van der Waals surface area contributed by atoms with Crippen molar-refractivity contribution in [3.05, 3.63) is 53.2 Å². The molecule has 0 aliphatic carbocycles. The maximum Gasteiger partial charge on any atom is 0.337 e. The number of nitrogens with zero attached hydrogens (tertiary/aromatic N) is 1. The van der Waals surface area contributed by atoms with Crippen molar-refractivity contribution in [3.63, 3.8) is 0 Å². The number of nitrogens with one attached hydrogen (secondary N) is 1. The van der Waals surface area contributed by atoms with Crippen LogP contribution in [0.5, 0.6) is 5.75 Å². The van der Waals surface area contributed by atoms with E-state index >= 15 is 0 Å². The summed E-state index contributed by atoms with van der Waals surface area (Å²) in [6, 6.07) is 10.8. The normalized spacial score (nSPS) is 10.1. The zero-order chi connectivity index (χ0) is 14.4. The molecule has 0 saturated heterocycles. The lowest BCUT2D eigenvalue weighted by atomic mass is 10.3. The highest BCUT2D eigenvalue weighted by molar-refractivity contribution is 6.33. The smallest absolute Gasteiger partial charge is 0.337 e. The Morgan fingerprint density at radius 3 is 2.75 bits per heavy atom. The number of pyridine rings is 1. The molecule has 6 heteroatoms. The number of hydrogen-bond acceptors (Lipinski definition) is 4. The molecule has 20 heavy (non-hydrogen) atoms. The molecule has 0 aliphatic rings. The van der Waals surface area contributed by atoms with E-state index in [1.807, 2.05) is 30.3 Å². The lowest BCUT2D eigenvalue weighted by Crippen LogP contribution is -2.13. The summed E-state index contributed by atoms with van der Waals surface area (Å²) in [4.78, 5) is 14.7. The first kappa shape index (κ1) is 14.1.